The molecule has 0 bridgehead atoms. The molecular weight excluding hydrogens is 140 g/mol. The fourth-order valence-corrected chi connectivity index (χ4v) is 0.695. The molecule has 2 nitrogen and oxygen atoms in total. The lowest BCUT2D eigenvalue weighted by Gasteiger charge is -2.16. The highest BCUT2D eigenvalue weighted by atomic mass is 16.1. The summed E-state index contributed by atoms with van der Waals surface area (Å²) >= 11 is 0. The number of carbonyl (C=O) groups is 2. The molecule has 0 aromatic heterocycles. The van der Waals surface area contributed by atoms with Crippen LogP contribution in [-0.4, -0.2) is 12.1 Å². The molecule has 0 aliphatic heterocycles. The molecule has 0 rings (SSSR count). The van der Waals surface area contributed by atoms with Gasteiger partial charge in [-0.3, -0.25) is 4.79 Å². The summed E-state index contributed by atoms with van der Waals surface area (Å²) in [5, 5.41) is 0. The number of aldehydes is 1. The first kappa shape index (κ1) is 10.3. The maximum absolute atomic E-state index is 11.2. The molecule has 0 aromatic rings. The summed E-state index contributed by atoms with van der Waals surface area (Å²) in [5.41, 5.74) is -0.485. The van der Waals surface area contributed by atoms with Crippen molar-refractivity contribution in [2.75, 3.05) is 0 Å². The average Bonchev–Trinajstić information content (AvgIpc) is 1.87. The second kappa shape index (κ2) is 3.65. The minimum atomic E-state index is -0.485. The normalized spacial score (nSPS) is 11.7. The molecule has 0 aromatic carbocycles. The molecule has 0 spiro atoms. The van der Waals surface area contributed by atoms with Crippen molar-refractivity contribution in [1.82, 2.24) is 0 Å². The molecule has 64 valence electrons. The molecule has 0 saturated heterocycles. The van der Waals surface area contributed by atoms with Crippen LogP contribution in [0, 0.1) is 11.3 Å². The largest absolute Gasteiger partial charge is 0.303 e. The second-order valence-electron chi connectivity index (χ2n) is 3.90. The first-order valence-electron chi connectivity index (χ1n) is 3.88. The van der Waals surface area contributed by atoms with Crippen LogP contribution in [-0.2, 0) is 9.59 Å². The van der Waals surface area contributed by atoms with E-state index < -0.39 is 5.41 Å². The van der Waals surface area contributed by atoms with E-state index in [2.05, 4.69) is 0 Å². The third-order valence-corrected chi connectivity index (χ3v) is 1.59. The summed E-state index contributed by atoms with van der Waals surface area (Å²) < 4.78 is 0. The molecule has 0 aliphatic rings. The van der Waals surface area contributed by atoms with Crippen molar-refractivity contribution in [2.45, 2.75) is 34.1 Å². The molecule has 0 unspecified atom stereocenters. The SMILES string of the molecule is CC(C)C(=O)CC(C)(C)C=O. The zero-order chi connectivity index (χ0) is 9.07. The van der Waals surface area contributed by atoms with E-state index in [-0.39, 0.29) is 11.7 Å². The summed E-state index contributed by atoms with van der Waals surface area (Å²) in [6.07, 6.45) is 1.20. The Hall–Kier alpha value is -0.660. The number of hydrogen-bond donors (Lipinski definition) is 0. The van der Waals surface area contributed by atoms with Crippen LogP contribution < -0.4 is 0 Å². The van der Waals surface area contributed by atoms with Crippen molar-refractivity contribution in [3.8, 4) is 0 Å². The highest BCUT2D eigenvalue weighted by Crippen LogP contribution is 2.19. The van der Waals surface area contributed by atoms with E-state index in [9.17, 15) is 9.59 Å². The van der Waals surface area contributed by atoms with Gasteiger partial charge in [0.1, 0.15) is 12.1 Å². The Bertz CT molecular complexity index is 157. The fourth-order valence-electron chi connectivity index (χ4n) is 0.695. The Morgan fingerprint density at radius 2 is 1.91 bits per heavy atom. The van der Waals surface area contributed by atoms with Crippen molar-refractivity contribution in [3.63, 3.8) is 0 Å². The van der Waals surface area contributed by atoms with Crippen LogP contribution in [0.3, 0.4) is 0 Å². The standard InChI is InChI=1S/C9H16O2/c1-7(2)8(11)5-9(3,4)6-10/h6-7H,5H2,1-4H3. The Morgan fingerprint density at radius 3 is 2.18 bits per heavy atom. The molecular formula is C9H16O2. The molecule has 2 heteroatoms. The second-order valence-corrected chi connectivity index (χ2v) is 3.90. The number of ketones is 1. The monoisotopic (exact) mass is 156 g/mol. The molecule has 0 fully saturated rings. The van der Waals surface area contributed by atoms with Gasteiger partial charge in [0.15, 0.2) is 0 Å². The van der Waals surface area contributed by atoms with E-state index in [1.807, 2.05) is 13.8 Å². The van der Waals surface area contributed by atoms with E-state index in [0.717, 1.165) is 6.29 Å². The number of hydrogen-bond acceptors (Lipinski definition) is 2. The topological polar surface area (TPSA) is 34.1 Å². The lowest BCUT2D eigenvalue weighted by molar-refractivity contribution is -0.127. The van der Waals surface area contributed by atoms with Crippen LogP contribution in [0.1, 0.15) is 34.1 Å². The van der Waals surface area contributed by atoms with Gasteiger partial charge in [0, 0.05) is 17.8 Å². The van der Waals surface area contributed by atoms with E-state index in [1.165, 1.54) is 0 Å². The lowest BCUT2D eigenvalue weighted by atomic mass is 9.86. The molecule has 0 aliphatic carbocycles. The minimum Gasteiger partial charge on any atom is -0.303 e. The first-order valence-corrected chi connectivity index (χ1v) is 3.88. The molecule has 0 radical (unpaired) electrons. The third kappa shape index (κ3) is 3.91. The van der Waals surface area contributed by atoms with Gasteiger partial charge < -0.3 is 4.79 Å². The van der Waals surface area contributed by atoms with Crippen molar-refractivity contribution >= 4 is 12.1 Å². The van der Waals surface area contributed by atoms with Gasteiger partial charge in [-0.15, -0.1) is 0 Å². The van der Waals surface area contributed by atoms with Crippen LogP contribution in [0.2, 0.25) is 0 Å². The number of Topliss-reactive ketones (excluding diaryl/α,β-unsaturated/α-hetero) is 1. The Labute approximate surface area is 68.0 Å². The van der Waals surface area contributed by atoms with Gasteiger partial charge in [0.2, 0.25) is 0 Å². The molecule has 0 saturated carbocycles. The quantitative estimate of drug-likeness (QED) is 0.582. The van der Waals surface area contributed by atoms with Crippen LogP contribution in [0.4, 0.5) is 0 Å². The van der Waals surface area contributed by atoms with Gasteiger partial charge in [0.25, 0.3) is 0 Å². The van der Waals surface area contributed by atoms with Crippen LogP contribution in [0.15, 0.2) is 0 Å². The number of carbonyl (C=O) groups excluding carboxylic acids is 2. The predicted octanol–water partition coefficient (Wildman–Crippen LogP) is 1.83. The predicted molar refractivity (Wildman–Crippen MR) is 44.3 cm³/mol. The fraction of sp³-hybridized carbons (Fsp3) is 0.778. The summed E-state index contributed by atoms with van der Waals surface area (Å²) in [6, 6.07) is 0. The molecule has 11 heavy (non-hydrogen) atoms. The van der Waals surface area contributed by atoms with E-state index in [0.29, 0.717) is 6.42 Å². The Balaban J connectivity index is 4.04. The molecule has 0 atom stereocenters. The van der Waals surface area contributed by atoms with Crippen LogP contribution in [0.25, 0.3) is 0 Å². The van der Waals surface area contributed by atoms with Gasteiger partial charge in [-0.25, -0.2) is 0 Å². The van der Waals surface area contributed by atoms with Gasteiger partial charge in [-0.2, -0.15) is 0 Å². The average molecular weight is 156 g/mol. The highest BCUT2D eigenvalue weighted by Gasteiger charge is 2.22. The minimum absolute atomic E-state index is 0.0363. The summed E-state index contributed by atoms with van der Waals surface area (Å²) in [7, 11) is 0. The number of rotatable bonds is 4. The summed E-state index contributed by atoms with van der Waals surface area (Å²) in [4.78, 5) is 21.6. The van der Waals surface area contributed by atoms with E-state index in [1.54, 1.807) is 13.8 Å². The highest BCUT2D eigenvalue weighted by molar-refractivity contribution is 5.83. The molecule has 0 amide bonds. The smallest absolute Gasteiger partial charge is 0.136 e. The third-order valence-electron chi connectivity index (χ3n) is 1.59. The first-order chi connectivity index (χ1) is 4.89. The van der Waals surface area contributed by atoms with Gasteiger partial charge in [-0.05, 0) is 0 Å². The van der Waals surface area contributed by atoms with Crippen molar-refractivity contribution < 1.29 is 9.59 Å². The van der Waals surface area contributed by atoms with Gasteiger partial charge in [0.05, 0.1) is 0 Å². The van der Waals surface area contributed by atoms with Crippen molar-refractivity contribution in [1.29, 1.82) is 0 Å². The van der Waals surface area contributed by atoms with Crippen molar-refractivity contribution in [3.05, 3.63) is 0 Å². The van der Waals surface area contributed by atoms with Crippen molar-refractivity contribution in [2.24, 2.45) is 11.3 Å². The zero-order valence-electron chi connectivity index (χ0n) is 7.68. The maximum Gasteiger partial charge on any atom is 0.136 e. The van der Waals surface area contributed by atoms with E-state index >= 15 is 0 Å². The Morgan fingerprint density at radius 1 is 1.45 bits per heavy atom. The van der Waals surface area contributed by atoms with Gasteiger partial charge in [-0.1, -0.05) is 27.7 Å². The Kier molecular flexibility index (Phi) is 3.43. The zero-order valence-corrected chi connectivity index (χ0v) is 7.68. The maximum atomic E-state index is 11.2. The lowest BCUT2D eigenvalue weighted by Crippen LogP contribution is -2.21. The molecule has 0 N–H and O–H groups in total. The summed E-state index contributed by atoms with van der Waals surface area (Å²) in [6.45, 7) is 7.26. The van der Waals surface area contributed by atoms with Gasteiger partial charge >= 0.3 is 0 Å². The summed E-state index contributed by atoms with van der Waals surface area (Å²) in [5.74, 6) is 0.191. The molecule has 0 heterocycles. The van der Waals surface area contributed by atoms with Crippen LogP contribution >= 0.6 is 0 Å². The van der Waals surface area contributed by atoms with Crippen LogP contribution in [0.5, 0.6) is 0 Å². The van der Waals surface area contributed by atoms with E-state index in [4.69, 9.17) is 0 Å².